The van der Waals surface area contributed by atoms with Crippen LogP contribution in [0.3, 0.4) is 0 Å². The van der Waals surface area contributed by atoms with Gasteiger partial charge in [-0.15, -0.1) is 0 Å². The van der Waals surface area contributed by atoms with Crippen molar-refractivity contribution >= 4 is 15.9 Å². The maximum absolute atomic E-state index is 13.2. The number of benzene rings is 1. The first-order chi connectivity index (χ1) is 14.8. The van der Waals surface area contributed by atoms with Crippen LogP contribution in [0.25, 0.3) is 0 Å². The SMILES string of the molecule is CCCS(=O)(=O)N1CCN(C2(CN(OC)C(=O)c3ccccc3C)CCCCC2)CC1. The van der Waals surface area contributed by atoms with E-state index in [-0.39, 0.29) is 17.2 Å². The number of hydrogen-bond acceptors (Lipinski definition) is 5. The monoisotopic (exact) mass is 451 g/mol. The van der Waals surface area contributed by atoms with Crippen LogP contribution >= 0.6 is 0 Å². The van der Waals surface area contributed by atoms with Gasteiger partial charge in [0, 0.05) is 37.3 Å². The fourth-order valence-electron chi connectivity index (χ4n) is 5.05. The number of amides is 1. The Kier molecular flexibility index (Phi) is 8.13. The van der Waals surface area contributed by atoms with Crippen molar-refractivity contribution < 1.29 is 18.0 Å². The normalized spacial score (nSPS) is 20.5. The van der Waals surface area contributed by atoms with Crippen molar-refractivity contribution in [2.24, 2.45) is 0 Å². The number of hydrogen-bond donors (Lipinski definition) is 0. The number of sulfonamides is 1. The van der Waals surface area contributed by atoms with Gasteiger partial charge in [-0.1, -0.05) is 44.4 Å². The summed E-state index contributed by atoms with van der Waals surface area (Å²) in [6, 6.07) is 7.58. The summed E-state index contributed by atoms with van der Waals surface area (Å²) in [5.41, 5.74) is 1.42. The number of rotatable bonds is 8. The predicted molar refractivity (Wildman–Crippen MR) is 122 cm³/mol. The highest BCUT2D eigenvalue weighted by atomic mass is 32.2. The lowest BCUT2D eigenvalue weighted by Gasteiger charge is -2.50. The van der Waals surface area contributed by atoms with Crippen LogP contribution < -0.4 is 0 Å². The molecule has 174 valence electrons. The van der Waals surface area contributed by atoms with Gasteiger partial charge in [0.05, 0.1) is 19.4 Å². The Bertz CT molecular complexity index is 844. The highest BCUT2D eigenvalue weighted by Crippen LogP contribution is 2.36. The van der Waals surface area contributed by atoms with Gasteiger partial charge >= 0.3 is 0 Å². The zero-order valence-electron chi connectivity index (χ0n) is 19.2. The van der Waals surface area contributed by atoms with Gasteiger partial charge in [-0.25, -0.2) is 13.5 Å². The largest absolute Gasteiger partial charge is 0.293 e. The Morgan fingerprint density at radius 2 is 1.74 bits per heavy atom. The van der Waals surface area contributed by atoms with Crippen LogP contribution in [0.2, 0.25) is 0 Å². The van der Waals surface area contributed by atoms with Crippen LogP contribution in [-0.2, 0) is 14.9 Å². The Balaban J connectivity index is 1.76. The summed E-state index contributed by atoms with van der Waals surface area (Å²) in [5.74, 6) is 0.0928. The van der Waals surface area contributed by atoms with Crippen molar-refractivity contribution in [1.82, 2.24) is 14.3 Å². The number of carbonyl (C=O) groups excluding carboxylic acids is 1. The third-order valence-electron chi connectivity index (χ3n) is 6.81. The van der Waals surface area contributed by atoms with Crippen LogP contribution in [0.15, 0.2) is 24.3 Å². The second kappa shape index (κ2) is 10.4. The van der Waals surface area contributed by atoms with E-state index in [0.717, 1.165) is 31.2 Å². The minimum atomic E-state index is -3.17. The number of aryl methyl sites for hydroxylation is 1. The van der Waals surface area contributed by atoms with Gasteiger partial charge in [-0.05, 0) is 37.8 Å². The highest BCUT2D eigenvalue weighted by Gasteiger charge is 2.43. The molecule has 0 atom stereocenters. The number of nitrogens with zero attached hydrogens (tertiary/aromatic N) is 3. The lowest BCUT2D eigenvalue weighted by molar-refractivity contribution is -0.131. The van der Waals surface area contributed by atoms with E-state index in [2.05, 4.69) is 4.90 Å². The lowest BCUT2D eigenvalue weighted by Crippen LogP contribution is -2.62. The molecule has 3 rings (SSSR count). The molecule has 7 nitrogen and oxygen atoms in total. The Hall–Kier alpha value is -1.48. The second-order valence-corrected chi connectivity index (χ2v) is 10.9. The van der Waals surface area contributed by atoms with Gasteiger partial charge in [0.1, 0.15) is 0 Å². The summed E-state index contributed by atoms with van der Waals surface area (Å²) < 4.78 is 26.6. The molecule has 1 saturated heterocycles. The number of piperazine rings is 1. The molecular weight excluding hydrogens is 414 g/mol. The average molecular weight is 452 g/mol. The smallest absolute Gasteiger partial charge is 0.277 e. The molecule has 1 aliphatic heterocycles. The van der Waals surface area contributed by atoms with Crippen LogP contribution in [0.1, 0.15) is 61.4 Å². The maximum Gasteiger partial charge on any atom is 0.277 e. The molecule has 0 aromatic heterocycles. The lowest BCUT2D eigenvalue weighted by atomic mass is 9.79. The molecule has 1 aromatic carbocycles. The molecule has 1 saturated carbocycles. The van der Waals surface area contributed by atoms with Crippen molar-refractivity contribution in [3.8, 4) is 0 Å². The summed E-state index contributed by atoms with van der Waals surface area (Å²) in [6.07, 6.45) is 6.06. The van der Waals surface area contributed by atoms with E-state index in [1.54, 1.807) is 11.4 Å². The first-order valence-corrected chi connectivity index (χ1v) is 13.1. The van der Waals surface area contributed by atoms with E-state index in [9.17, 15) is 13.2 Å². The Labute approximate surface area is 187 Å². The topological polar surface area (TPSA) is 70.2 Å². The maximum atomic E-state index is 13.2. The van der Waals surface area contributed by atoms with Gasteiger partial charge in [0.15, 0.2) is 0 Å². The van der Waals surface area contributed by atoms with Crippen LogP contribution in [0, 0.1) is 6.92 Å². The molecule has 2 fully saturated rings. The highest BCUT2D eigenvalue weighted by molar-refractivity contribution is 7.89. The molecule has 0 N–H and O–H groups in total. The van der Waals surface area contributed by atoms with Gasteiger partial charge < -0.3 is 0 Å². The quantitative estimate of drug-likeness (QED) is 0.568. The molecule has 0 bridgehead atoms. The molecule has 0 radical (unpaired) electrons. The fraction of sp³-hybridized carbons (Fsp3) is 0.696. The van der Waals surface area contributed by atoms with E-state index < -0.39 is 10.0 Å². The first-order valence-electron chi connectivity index (χ1n) is 11.5. The van der Waals surface area contributed by atoms with Gasteiger partial charge in [-0.3, -0.25) is 14.5 Å². The molecule has 1 heterocycles. The number of hydroxylamine groups is 2. The summed E-state index contributed by atoms with van der Waals surface area (Å²) >= 11 is 0. The standard InChI is InChI=1S/C23H37N3O4S/c1-4-18-31(28,29)25-16-14-24(15-17-25)23(12-8-5-9-13-23)19-26(30-3)22(27)21-11-7-6-10-20(21)2/h6-7,10-11H,4-5,8-9,12-19H2,1-3H3. The van der Waals surface area contributed by atoms with Gasteiger partial charge in [-0.2, -0.15) is 4.31 Å². The van der Waals surface area contributed by atoms with Crippen LogP contribution in [0.4, 0.5) is 0 Å². The van der Waals surface area contributed by atoms with E-state index in [0.29, 0.717) is 44.7 Å². The summed E-state index contributed by atoms with van der Waals surface area (Å²) in [5, 5.41) is 1.51. The summed E-state index contributed by atoms with van der Waals surface area (Å²) in [6.45, 7) is 6.76. The van der Waals surface area contributed by atoms with E-state index in [1.165, 1.54) is 11.5 Å². The van der Waals surface area contributed by atoms with Crippen molar-refractivity contribution in [3.63, 3.8) is 0 Å². The minimum Gasteiger partial charge on any atom is -0.293 e. The predicted octanol–water partition coefficient (Wildman–Crippen LogP) is 3.06. The van der Waals surface area contributed by atoms with Gasteiger partial charge in [0.2, 0.25) is 10.0 Å². The third-order valence-corrected chi connectivity index (χ3v) is 8.89. The Morgan fingerprint density at radius 3 is 2.32 bits per heavy atom. The first kappa shape index (κ1) is 24.2. The second-order valence-electron chi connectivity index (χ2n) is 8.83. The molecule has 0 spiro atoms. The molecule has 1 amide bonds. The van der Waals surface area contributed by atoms with E-state index >= 15 is 0 Å². The molecule has 8 heteroatoms. The third kappa shape index (κ3) is 5.48. The molecular formula is C23H37N3O4S. The van der Waals surface area contributed by atoms with Crippen LogP contribution in [0.5, 0.6) is 0 Å². The van der Waals surface area contributed by atoms with Crippen LogP contribution in [-0.4, -0.2) is 79.7 Å². The molecule has 1 aromatic rings. The zero-order chi connectivity index (χ0) is 22.5. The van der Waals surface area contributed by atoms with E-state index in [4.69, 9.17) is 4.84 Å². The molecule has 0 unspecified atom stereocenters. The fourth-order valence-corrected chi connectivity index (χ4v) is 6.54. The van der Waals surface area contributed by atoms with Crippen molar-refractivity contribution in [1.29, 1.82) is 0 Å². The number of carbonyl (C=O) groups is 1. The zero-order valence-corrected chi connectivity index (χ0v) is 20.0. The molecule has 31 heavy (non-hydrogen) atoms. The van der Waals surface area contributed by atoms with Crippen molar-refractivity contribution in [2.45, 2.75) is 57.9 Å². The molecule has 1 aliphatic carbocycles. The summed E-state index contributed by atoms with van der Waals surface area (Å²) in [7, 11) is -1.61. The van der Waals surface area contributed by atoms with E-state index in [1.807, 2.05) is 38.1 Å². The van der Waals surface area contributed by atoms with Crippen molar-refractivity contribution in [2.75, 3.05) is 45.6 Å². The average Bonchev–Trinajstić information content (AvgIpc) is 2.78. The summed E-state index contributed by atoms with van der Waals surface area (Å²) in [4.78, 5) is 21.3. The molecule has 2 aliphatic rings. The Morgan fingerprint density at radius 1 is 1.10 bits per heavy atom. The van der Waals surface area contributed by atoms with Gasteiger partial charge in [0.25, 0.3) is 5.91 Å². The minimum absolute atomic E-state index is 0.116. The van der Waals surface area contributed by atoms with Crippen molar-refractivity contribution in [3.05, 3.63) is 35.4 Å².